The third-order valence-corrected chi connectivity index (χ3v) is 4.40. The van der Waals surface area contributed by atoms with Gasteiger partial charge in [-0.2, -0.15) is 0 Å². The van der Waals surface area contributed by atoms with Crippen LogP contribution in [0.1, 0.15) is 24.1 Å². The first-order valence-corrected chi connectivity index (χ1v) is 7.50. The normalized spacial score (nSPS) is 12.3. The van der Waals surface area contributed by atoms with E-state index >= 15 is 0 Å². The Morgan fingerprint density at radius 2 is 1.84 bits per heavy atom. The second-order valence-corrected chi connectivity index (χ2v) is 6.19. The second-order valence-electron chi connectivity index (χ2n) is 4.50. The van der Waals surface area contributed by atoms with Crippen molar-refractivity contribution < 1.29 is 0 Å². The monoisotopic (exact) mass is 357 g/mol. The van der Waals surface area contributed by atoms with Gasteiger partial charge in [0, 0.05) is 26.2 Å². The van der Waals surface area contributed by atoms with Crippen LogP contribution in [0, 0.1) is 6.92 Å². The number of benzene rings is 2. The molecule has 1 N–H and O–H groups in total. The van der Waals surface area contributed by atoms with E-state index in [-0.39, 0.29) is 6.04 Å². The van der Waals surface area contributed by atoms with Crippen LogP contribution in [0.15, 0.2) is 40.9 Å². The van der Waals surface area contributed by atoms with Gasteiger partial charge in [-0.3, -0.25) is 0 Å². The number of nitrogens with one attached hydrogen (secondary N) is 1. The van der Waals surface area contributed by atoms with Crippen molar-refractivity contribution in [1.82, 2.24) is 0 Å². The molecule has 0 saturated carbocycles. The lowest BCUT2D eigenvalue weighted by molar-refractivity contribution is 0.885. The fourth-order valence-corrected chi connectivity index (χ4v) is 2.81. The first kappa shape index (κ1) is 14.7. The molecule has 1 atom stereocenters. The molecule has 0 radical (unpaired) electrons. The zero-order valence-electron chi connectivity index (χ0n) is 10.7. The summed E-state index contributed by atoms with van der Waals surface area (Å²) in [5, 5.41) is 4.76. The molecule has 0 aliphatic rings. The molecule has 100 valence electrons. The van der Waals surface area contributed by atoms with Gasteiger partial charge in [-0.25, -0.2) is 0 Å². The largest absolute Gasteiger partial charge is 0.378 e. The highest BCUT2D eigenvalue weighted by Crippen LogP contribution is 2.29. The molecule has 0 aliphatic carbocycles. The smallest absolute Gasteiger partial charge is 0.0500 e. The molecule has 0 amide bonds. The van der Waals surface area contributed by atoms with E-state index < -0.39 is 0 Å². The summed E-state index contributed by atoms with van der Waals surface area (Å²) in [6, 6.07) is 11.9. The Balaban J connectivity index is 2.20. The minimum Gasteiger partial charge on any atom is -0.378 e. The van der Waals surface area contributed by atoms with Crippen molar-refractivity contribution in [2.75, 3.05) is 5.32 Å². The highest BCUT2D eigenvalue weighted by Gasteiger charge is 2.10. The highest BCUT2D eigenvalue weighted by atomic mass is 79.9. The van der Waals surface area contributed by atoms with Crippen LogP contribution in [0.25, 0.3) is 0 Å². The number of hydrogen-bond donors (Lipinski definition) is 1. The Kier molecular flexibility index (Phi) is 4.77. The molecule has 0 heterocycles. The van der Waals surface area contributed by atoms with E-state index in [4.69, 9.17) is 23.2 Å². The molecule has 19 heavy (non-hydrogen) atoms. The van der Waals surface area contributed by atoms with E-state index in [0.29, 0.717) is 10.0 Å². The lowest BCUT2D eigenvalue weighted by Crippen LogP contribution is -2.07. The van der Waals surface area contributed by atoms with Gasteiger partial charge in [0.15, 0.2) is 0 Å². The minimum atomic E-state index is 0.111. The standard InChI is InChI=1S/C15H14BrCl2N/c1-9-3-5-12(8-14(9)16)19-10(2)13-6-4-11(17)7-15(13)18/h3-8,10,19H,1-2H3. The van der Waals surface area contributed by atoms with Gasteiger partial charge in [-0.15, -0.1) is 0 Å². The van der Waals surface area contributed by atoms with Crippen molar-refractivity contribution in [2.45, 2.75) is 19.9 Å². The van der Waals surface area contributed by atoms with Crippen LogP contribution < -0.4 is 5.32 Å². The van der Waals surface area contributed by atoms with Gasteiger partial charge in [0.25, 0.3) is 0 Å². The third-order valence-electron chi connectivity index (χ3n) is 2.98. The van der Waals surface area contributed by atoms with Crippen molar-refractivity contribution in [3.63, 3.8) is 0 Å². The van der Waals surface area contributed by atoms with Crippen LogP contribution in [0.2, 0.25) is 10.0 Å². The highest BCUT2D eigenvalue weighted by molar-refractivity contribution is 9.10. The zero-order valence-corrected chi connectivity index (χ0v) is 13.8. The number of aryl methyl sites for hydroxylation is 1. The number of hydrogen-bond acceptors (Lipinski definition) is 1. The van der Waals surface area contributed by atoms with Gasteiger partial charge < -0.3 is 5.32 Å². The van der Waals surface area contributed by atoms with Gasteiger partial charge >= 0.3 is 0 Å². The maximum Gasteiger partial charge on any atom is 0.0500 e. The molecule has 0 saturated heterocycles. The van der Waals surface area contributed by atoms with E-state index in [1.165, 1.54) is 5.56 Å². The Hall–Kier alpha value is -0.700. The molecule has 0 bridgehead atoms. The zero-order chi connectivity index (χ0) is 14.0. The average molecular weight is 359 g/mol. The lowest BCUT2D eigenvalue weighted by atomic mass is 10.1. The van der Waals surface area contributed by atoms with Crippen LogP contribution in [0.5, 0.6) is 0 Å². The summed E-state index contributed by atoms with van der Waals surface area (Å²) in [5.74, 6) is 0. The molecule has 0 fully saturated rings. The maximum absolute atomic E-state index is 6.21. The van der Waals surface area contributed by atoms with E-state index in [0.717, 1.165) is 15.7 Å². The molecular weight excluding hydrogens is 345 g/mol. The topological polar surface area (TPSA) is 12.0 Å². The van der Waals surface area contributed by atoms with Crippen molar-refractivity contribution in [3.8, 4) is 0 Å². The molecule has 2 rings (SSSR count). The fraction of sp³-hybridized carbons (Fsp3) is 0.200. The summed E-state index contributed by atoms with van der Waals surface area (Å²) in [7, 11) is 0. The summed E-state index contributed by atoms with van der Waals surface area (Å²) in [4.78, 5) is 0. The summed E-state index contributed by atoms with van der Waals surface area (Å²) < 4.78 is 1.09. The van der Waals surface area contributed by atoms with Crippen LogP contribution in [0.3, 0.4) is 0 Å². The summed E-state index contributed by atoms with van der Waals surface area (Å²) in [6.07, 6.45) is 0. The Bertz CT molecular complexity index is 599. The SMILES string of the molecule is Cc1ccc(NC(C)c2ccc(Cl)cc2Cl)cc1Br. The van der Waals surface area contributed by atoms with E-state index in [1.54, 1.807) is 6.07 Å². The predicted molar refractivity (Wildman–Crippen MR) is 87.4 cm³/mol. The number of anilines is 1. The summed E-state index contributed by atoms with van der Waals surface area (Å²) in [5.41, 5.74) is 3.29. The summed E-state index contributed by atoms with van der Waals surface area (Å²) >= 11 is 15.7. The predicted octanol–water partition coefficient (Wildman–Crippen LogP) is 6.24. The fourth-order valence-electron chi connectivity index (χ4n) is 1.86. The first-order chi connectivity index (χ1) is 8.97. The van der Waals surface area contributed by atoms with Crippen LogP contribution in [-0.4, -0.2) is 0 Å². The summed E-state index contributed by atoms with van der Waals surface area (Å²) in [6.45, 7) is 4.14. The first-order valence-electron chi connectivity index (χ1n) is 5.95. The Morgan fingerprint density at radius 1 is 1.11 bits per heavy atom. The van der Waals surface area contributed by atoms with E-state index in [1.807, 2.05) is 12.1 Å². The van der Waals surface area contributed by atoms with Crippen molar-refractivity contribution in [1.29, 1.82) is 0 Å². The molecule has 0 spiro atoms. The lowest BCUT2D eigenvalue weighted by Gasteiger charge is -2.17. The molecule has 0 aromatic heterocycles. The van der Waals surface area contributed by atoms with E-state index in [2.05, 4.69) is 53.3 Å². The molecule has 2 aromatic carbocycles. The Morgan fingerprint density at radius 3 is 2.47 bits per heavy atom. The minimum absolute atomic E-state index is 0.111. The number of halogens is 3. The van der Waals surface area contributed by atoms with Crippen LogP contribution >= 0.6 is 39.1 Å². The Labute approximate surface area is 132 Å². The van der Waals surface area contributed by atoms with Crippen molar-refractivity contribution >= 4 is 44.8 Å². The molecule has 2 aromatic rings. The molecular formula is C15H14BrCl2N. The third kappa shape index (κ3) is 3.65. The number of rotatable bonds is 3. The van der Waals surface area contributed by atoms with Crippen molar-refractivity contribution in [2.24, 2.45) is 0 Å². The van der Waals surface area contributed by atoms with Gasteiger partial charge in [0.2, 0.25) is 0 Å². The molecule has 4 heteroatoms. The van der Waals surface area contributed by atoms with Gasteiger partial charge in [-0.05, 0) is 49.2 Å². The van der Waals surface area contributed by atoms with Gasteiger partial charge in [0.1, 0.15) is 0 Å². The van der Waals surface area contributed by atoms with Crippen LogP contribution in [0.4, 0.5) is 5.69 Å². The molecule has 1 unspecified atom stereocenters. The van der Waals surface area contributed by atoms with Crippen LogP contribution in [-0.2, 0) is 0 Å². The van der Waals surface area contributed by atoms with Crippen molar-refractivity contribution in [3.05, 3.63) is 62.0 Å². The van der Waals surface area contributed by atoms with Gasteiger partial charge in [-0.1, -0.05) is 51.3 Å². The second kappa shape index (κ2) is 6.17. The van der Waals surface area contributed by atoms with Gasteiger partial charge in [0.05, 0.1) is 0 Å². The average Bonchev–Trinajstić information content (AvgIpc) is 2.33. The molecule has 1 nitrogen and oxygen atoms in total. The maximum atomic E-state index is 6.21. The van der Waals surface area contributed by atoms with E-state index in [9.17, 15) is 0 Å². The quantitative estimate of drug-likeness (QED) is 0.684. The molecule has 0 aliphatic heterocycles.